The fraction of sp³-hybridized carbons (Fsp3) is 0.276. The van der Waals surface area contributed by atoms with Gasteiger partial charge in [-0.3, -0.25) is 9.52 Å². The van der Waals surface area contributed by atoms with Crippen molar-refractivity contribution in [3.63, 3.8) is 0 Å². The Morgan fingerprint density at radius 1 is 1.10 bits per heavy atom. The van der Waals surface area contributed by atoms with Gasteiger partial charge in [-0.15, -0.1) is 0 Å². The standard InChI is InChI=1S/C29H31N7O3S/c1-20(16-21-6-3-4-7-22(21)19-30)32-26-8-5-11-31-28(26)35-12-14-36(15-13-35)29(37)27-18-23-17-24(34-40(2,38)39)9-10-25(23)33-27/h3-11,17-18,20,32-34H,12-16H2,1-2H3. The van der Waals surface area contributed by atoms with Crippen LogP contribution in [0.25, 0.3) is 10.9 Å². The van der Waals surface area contributed by atoms with E-state index in [0.717, 1.165) is 34.2 Å². The lowest BCUT2D eigenvalue weighted by Crippen LogP contribution is -2.49. The van der Waals surface area contributed by atoms with Crippen LogP contribution in [-0.2, 0) is 16.4 Å². The van der Waals surface area contributed by atoms with Crippen molar-refractivity contribution in [1.29, 1.82) is 5.26 Å². The smallest absolute Gasteiger partial charge is 0.270 e. The van der Waals surface area contributed by atoms with Crippen molar-refractivity contribution in [2.24, 2.45) is 0 Å². The van der Waals surface area contributed by atoms with Crippen molar-refractivity contribution in [2.75, 3.05) is 47.4 Å². The van der Waals surface area contributed by atoms with Crippen LogP contribution >= 0.6 is 0 Å². The van der Waals surface area contributed by atoms with Crippen LogP contribution in [0.15, 0.2) is 66.9 Å². The minimum Gasteiger partial charge on any atom is -0.379 e. The Kier molecular flexibility index (Phi) is 7.62. The molecule has 206 valence electrons. The number of hydrogen-bond donors (Lipinski definition) is 3. The van der Waals surface area contributed by atoms with Crippen LogP contribution in [-0.4, -0.2) is 67.7 Å². The molecule has 5 rings (SSSR count). The number of nitrogens with one attached hydrogen (secondary N) is 3. The summed E-state index contributed by atoms with van der Waals surface area (Å²) in [4.78, 5) is 25.1. The summed E-state index contributed by atoms with van der Waals surface area (Å²) in [5.74, 6) is 0.740. The first-order valence-electron chi connectivity index (χ1n) is 13.0. The predicted octanol–water partition coefficient (Wildman–Crippen LogP) is 3.81. The van der Waals surface area contributed by atoms with Gasteiger partial charge >= 0.3 is 0 Å². The van der Waals surface area contributed by atoms with E-state index in [1.54, 1.807) is 30.5 Å². The van der Waals surface area contributed by atoms with E-state index in [9.17, 15) is 18.5 Å². The Morgan fingerprint density at radius 3 is 2.62 bits per heavy atom. The number of H-pyrrole nitrogens is 1. The average Bonchev–Trinajstić information content (AvgIpc) is 3.36. The highest BCUT2D eigenvalue weighted by atomic mass is 32.2. The first-order valence-corrected chi connectivity index (χ1v) is 14.9. The number of fused-ring (bicyclic) bond motifs is 1. The van der Waals surface area contributed by atoms with Crippen molar-refractivity contribution in [1.82, 2.24) is 14.9 Å². The number of sulfonamides is 1. The minimum absolute atomic E-state index is 0.0791. The second-order valence-electron chi connectivity index (χ2n) is 10.0. The topological polar surface area (TPSA) is 134 Å². The van der Waals surface area contributed by atoms with Crippen molar-refractivity contribution in [2.45, 2.75) is 19.4 Å². The van der Waals surface area contributed by atoms with Gasteiger partial charge in [0.15, 0.2) is 5.82 Å². The molecule has 0 radical (unpaired) electrons. The van der Waals surface area contributed by atoms with E-state index in [1.165, 1.54) is 0 Å². The van der Waals surface area contributed by atoms with Crippen LogP contribution < -0.4 is 14.9 Å². The molecule has 1 saturated heterocycles. The lowest BCUT2D eigenvalue weighted by molar-refractivity contribution is 0.0741. The van der Waals surface area contributed by atoms with Crippen LogP contribution in [0.5, 0.6) is 0 Å². The molecule has 1 aliphatic rings. The zero-order valence-corrected chi connectivity index (χ0v) is 23.2. The van der Waals surface area contributed by atoms with Gasteiger partial charge < -0.3 is 20.1 Å². The van der Waals surface area contributed by atoms with Crippen molar-refractivity contribution in [3.05, 3.63) is 83.7 Å². The molecular formula is C29H31N7O3S. The third-order valence-electron chi connectivity index (χ3n) is 6.87. The van der Waals surface area contributed by atoms with Gasteiger partial charge in [-0.2, -0.15) is 5.26 Å². The van der Waals surface area contributed by atoms with Gasteiger partial charge in [0.2, 0.25) is 10.0 Å². The number of anilines is 3. The van der Waals surface area contributed by atoms with Gasteiger partial charge in [-0.25, -0.2) is 13.4 Å². The van der Waals surface area contributed by atoms with Gasteiger partial charge in [0.25, 0.3) is 5.91 Å². The summed E-state index contributed by atoms with van der Waals surface area (Å²) in [6.07, 6.45) is 3.57. The summed E-state index contributed by atoms with van der Waals surface area (Å²) in [7, 11) is -3.39. The summed E-state index contributed by atoms with van der Waals surface area (Å²) >= 11 is 0. The average molecular weight is 558 g/mol. The molecule has 0 saturated carbocycles. The molecule has 3 heterocycles. The number of aromatic nitrogens is 2. The molecule has 1 aliphatic heterocycles. The van der Waals surface area contributed by atoms with Crippen LogP contribution in [0.2, 0.25) is 0 Å². The molecule has 11 heteroatoms. The van der Waals surface area contributed by atoms with E-state index < -0.39 is 10.0 Å². The zero-order chi connectivity index (χ0) is 28.3. The summed E-state index contributed by atoms with van der Waals surface area (Å²) in [5.41, 5.74) is 4.28. The van der Waals surface area contributed by atoms with Gasteiger partial charge in [-0.1, -0.05) is 18.2 Å². The number of nitriles is 1. The Labute approximate surface area is 233 Å². The Bertz CT molecular complexity index is 1690. The van der Waals surface area contributed by atoms with Gasteiger partial charge in [-0.05, 0) is 61.4 Å². The quantitative estimate of drug-likeness (QED) is 0.300. The highest BCUT2D eigenvalue weighted by molar-refractivity contribution is 7.92. The number of amides is 1. The summed E-state index contributed by atoms with van der Waals surface area (Å²) < 4.78 is 25.6. The van der Waals surface area contributed by atoms with Crippen LogP contribution in [0.3, 0.4) is 0 Å². The number of benzene rings is 2. The summed E-state index contributed by atoms with van der Waals surface area (Å²) in [6.45, 7) is 4.42. The van der Waals surface area contributed by atoms with Gasteiger partial charge in [0, 0.05) is 55.0 Å². The van der Waals surface area contributed by atoms with Gasteiger partial charge in [0.1, 0.15) is 5.69 Å². The third-order valence-corrected chi connectivity index (χ3v) is 7.48. The third kappa shape index (κ3) is 6.18. The number of aromatic amines is 1. The zero-order valence-electron chi connectivity index (χ0n) is 22.4. The van der Waals surface area contributed by atoms with Crippen LogP contribution in [0.1, 0.15) is 28.5 Å². The van der Waals surface area contributed by atoms with E-state index >= 15 is 0 Å². The maximum atomic E-state index is 13.3. The monoisotopic (exact) mass is 557 g/mol. The number of nitrogens with zero attached hydrogens (tertiary/aromatic N) is 4. The number of carbonyl (C=O) groups is 1. The maximum Gasteiger partial charge on any atom is 0.270 e. The molecule has 40 heavy (non-hydrogen) atoms. The first-order chi connectivity index (χ1) is 19.2. The Morgan fingerprint density at radius 2 is 1.88 bits per heavy atom. The molecule has 2 aromatic carbocycles. The van der Waals surface area contributed by atoms with Crippen molar-refractivity contribution < 1.29 is 13.2 Å². The lowest BCUT2D eigenvalue weighted by Gasteiger charge is -2.36. The summed E-state index contributed by atoms with van der Waals surface area (Å²) in [6, 6.07) is 20.8. The number of carbonyl (C=O) groups excluding carboxylic acids is 1. The van der Waals surface area contributed by atoms with E-state index in [0.29, 0.717) is 49.5 Å². The minimum atomic E-state index is -3.39. The van der Waals surface area contributed by atoms with Crippen LogP contribution in [0, 0.1) is 11.3 Å². The van der Waals surface area contributed by atoms with Crippen LogP contribution in [0.4, 0.5) is 17.2 Å². The lowest BCUT2D eigenvalue weighted by atomic mass is 10.0. The largest absolute Gasteiger partial charge is 0.379 e. The maximum absolute atomic E-state index is 13.3. The number of hydrogen-bond acceptors (Lipinski definition) is 7. The molecule has 0 bridgehead atoms. The fourth-order valence-corrected chi connectivity index (χ4v) is 5.59. The first kappa shape index (κ1) is 27.0. The molecule has 1 amide bonds. The highest BCUT2D eigenvalue weighted by Gasteiger charge is 2.25. The Balaban J connectivity index is 1.23. The van der Waals surface area contributed by atoms with Crippen molar-refractivity contribution >= 4 is 44.0 Å². The van der Waals surface area contributed by atoms with E-state index in [-0.39, 0.29) is 11.9 Å². The second kappa shape index (κ2) is 11.3. The molecule has 10 nitrogen and oxygen atoms in total. The molecule has 0 aliphatic carbocycles. The highest BCUT2D eigenvalue weighted by Crippen LogP contribution is 2.26. The fourth-order valence-electron chi connectivity index (χ4n) is 5.03. The second-order valence-corrected chi connectivity index (χ2v) is 11.8. The van der Waals surface area contributed by atoms with Crippen molar-refractivity contribution in [3.8, 4) is 6.07 Å². The SMILES string of the molecule is CC(Cc1ccccc1C#N)Nc1cccnc1N1CCN(C(=O)c2cc3cc(NS(C)(=O)=O)ccc3[nH]2)CC1. The molecule has 2 aromatic heterocycles. The van der Waals surface area contributed by atoms with Gasteiger partial charge in [0.05, 0.1) is 23.6 Å². The number of piperazine rings is 1. The number of pyridine rings is 1. The molecule has 1 atom stereocenters. The normalized spacial score (nSPS) is 14.5. The molecule has 3 N–H and O–H groups in total. The predicted molar refractivity (Wildman–Crippen MR) is 157 cm³/mol. The Hall–Kier alpha value is -4.56. The number of rotatable bonds is 8. The van der Waals surface area contributed by atoms with E-state index in [4.69, 9.17) is 0 Å². The molecule has 1 fully saturated rings. The van der Waals surface area contributed by atoms with E-state index in [2.05, 4.69) is 37.9 Å². The summed E-state index contributed by atoms with van der Waals surface area (Å²) in [5, 5.41) is 13.7. The van der Waals surface area contributed by atoms with E-state index in [1.807, 2.05) is 41.3 Å². The molecular weight excluding hydrogens is 526 g/mol. The molecule has 0 spiro atoms. The molecule has 1 unspecified atom stereocenters. The molecule has 4 aromatic rings.